The fourth-order valence-electron chi connectivity index (χ4n) is 2.92. The lowest BCUT2D eigenvalue weighted by atomic mass is 9.72. The molecule has 0 saturated carbocycles. The summed E-state index contributed by atoms with van der Waals surface area (Å²) in [4.78, 5) is 10.3. The Morgan fingerprint density at radius 2 is 1.67 bits per heavy atom. The van der Waals surface area contributed by atoms with E-state index in [-0.39, 0.29) is 11.5 Å². The Bertz CT molecular complexity index is 532. The number of carboxylic acids is 1. The molecule has 1 heterocycles. The van der Waals surface area contributed by atoms with Crippen LogP contribution in [0.15, 0.2) is 18.7 Å². The van der Waals surface area contributed by atoms with Gasteiger partial charge in [0.1, 0.15) is 17.9 Å². The standard InChI is InChI=1S/C15H29N2.C8H16O2/c1-7-9-10-16-11-12-17(13-16)15(5,6)14(3,4)8-2;1-3-5-6-7(4-2)8(9)10/h11-13H,7-10H2,1-6H3;7H,3-6H2,1-2H3,(H,9,10)/q+1;/p-1. The Hall–Kier alpha value is -1.32. The first-order valence-electron chi connectivity index (χ1n) is 10.9. The van der Waals surface area contributed by atoms with Crippen LogP contribution in [0.1, 0.15) is 100 Å². The molecule has 1 atom stereocenters. The summed E-state index contributed by atoms with van der Waals surface area (Å²) >= 11 is 0. The van der Waals surface area contributed by atoms with Crippen molar-refractivity contribution in [2.24, 2.45) is 11.3 Å². The van der Waals surface area contributed by atoms with E-state index in [0.29, 0.717) is 11.8 Å². The van der Waals surface area contributed by atoms with Crippen LogP contribution >= 0.6 is 0 Å². The van der Waals surface area contributed by atoms with Crippen molar-refractivity contribution in [3.8, 4) is 0 Å². The molecule has 0 aromatic carbocycles. The molecule has 1 aromatic heterocycles. The van der Waals surface area contributed by atoms with Crippen molar-refractivity contribution in [1.82, 2.24) is 4.57 Å². The highest BCUT2D eigenvalue weighted by Crippen LogP contribution is 2.39. The number of aromatic nitrogens is 2. The van der Waals surface area contributed by atoms with E-state index in [2.05, 4.69) is 76.3 Å². The van der Waals surface area contributed by atoms with Crippen molar-refractivity contribution < 1.29 is 14.5 Å². The van der Waals surface area contributed by atoms with E-state index >= 15 is 0 Å². The van der Waals surface area contributed by atoms with Gasteiger partial charge in [-0.15, -0.1) is 0 Å². The number of hydrogen-bond donors (Lipinski definition) is 0. The van der Waals surface area contributed by atoms with Gasteiger partial charge < -0.3 is 9.90 Å². The monoisotopic (exact) mass is 380 g/mol. The SMILES string of the molecule is CCCCC(CC)C(=O)[O-].CCCC[n+]1ccn(C(C)(C)C(C)(C)CC)c1. The number of aliphatic carboxylic acids is 1. The van der Waals surface area contributed by atoms with E-state index in [9.17, 15) is 9.90 Å². The summed E-state index contributed by atoms with van der Waals surface area (Å²) in [5.74, 6) is -1.11. The van der Waals surface area contributed by atoms with E-state index in [0.717, 1.165) is 25.8 Å². The zero-order valence-corrected chi connectivity index (χ0v) is 19.2. The summed E-state index contributed by atoms with van der Waals surface area (Å²) in [7, 11) is 0. The zero-order valence-electron chi connectivity index (χ0n) is 19.2. The quantitative estimate of drug-likeness (QED) is 0.522. The second-order valence-electron chi connectivity index (χ2n) is 8.78. The van der Waals surface area contributed by atoms with Gasteiger partial charge in [-0.25, -0.2) is 9.13 Å². The fraction of sp³-hybridized carbons (Fsp3) is 0.826. The first-order valence-corrected chi connectivity index (χ1v) is 10.9. The van der Waals surface area contributed by atoms with Crippen molar-refractivity contribution >= 4 is 5.97 Å². The van der Waals surface area contributed by atoms with Crippen molar-refractivity contribution in [3.05, 3.63) is 18.7 Å². The van der Waals surface area contributed by atoms with Crippen molar-refractivity contribution in [3.63, 3.8) is 0 Å². The molecule has 0 aliphatic heterocycles. The van der Waals surface area contributed by atoms with Crippen molar-refractivity contribution in [2.45, 2.75) is 112 Å². The topological polar surface area (TPSA) is 48.9 Å². The summed E-state index contributed by atoms with van der Waals surface area (Å²) in [6.07, 6.45) is 13.9. The largest absolute Gasteiger partial charge is 0.550 e. The van der Waals surface area contributed by atoms with E-state index in [1.165, 1.54) is 19.3 Å². The van der Waals surface area contributed by atoms with Crippen LogP contribution in [0.4, 0.5) is 0 Å². The molecule has 0 aliphatic rings. The molecular formula is C23H44N2O2. The highest BCUT2D eigenvalue weighted by atomic mass is 16.4. The minimum Gasteiger partial charge on any atom is -0.550 e. The maximum Gasteiger partial charge on any atom is 0.244 e. The van der Waals surface area contributed by atoms with Crippen molar-refractivity contribution in [2.75, 3.05) is 0 Å². The molecule has 0 spiro atoms. The molecule has 0 aliphatic carbocycles. The molecule has 1 rings (SSSR count). The molecule has 1 aromatic rings. The molecule has 4 nitrogen and oxygen atoms in total. The summed E-state index contributed by atoms with van der Waals surface area (Å²) in [6.45, 7) is 19.0. The third-order valence-electron chi connectivity index (χ3n) is 6.38. The van der Waals surface area contributed by atoms with Crippen LogP contribution in [0.25, 0.3) is 0 Å². The van der Waals surface area contributed by atoms with Gasteiger partial charge >= 0.3 is 0 Å². The van der Waals surface area contributed by atoms with Crippen LogP contribution in [0.5, 0.6) is 0 Å². The van der Waals surface area contributed by atoms with Gasteiger partial charge in [0, 0.05) is 11.4 Å². The van der Waals surface area contributed by atoms with Gasteiger partial charge in [-0.3, -0.25) is 0 Å². The van der Waals surface area contributed by atoms with Gasteiger partial charge in [-0.2, -0.15) is 0 Å². The summed E-state index contributed by atoms with van der Waals surface area (Å²) in [5.41, 5.74) is 0.452. The number of hydrogen-bond acceptors (Lipinski definition) is 2. The molecular weight excluding hydrogens is 336 g/mol. The van der Waals surface area contributed by atoms with Crippen LogP contribution in [0.2, 0.25) is 0 Å². The van der Waals surface area contributed by atoms with Crippen LogP contribution in [-0.4, -0.2) is 10.5 Å². The number of aryl methyl sites for hydroxylation is 1. The number of carbonyl (C=O) groups is 1. The Morgan fingerprint density at radius 3 is 2.11 bits per heavy atom. The van der Waals surface area contributed by atoms with Gasteiger partial charge in [0.2, 0.25) is 6.33 Å². The van der Waals surface area contributed by atoms with Crippen LogP contribution in [-0.2, 0) is 16.9 Å². The number of rotatable bonds is 11. The Labute approximate surface area is 168 Å². The molecule has 0 amide bonds. The van der Waals surface area contributed by atoms with Crippen LogP contribution < -0.4 is 9.67 Å². The Kier molecular flexibility index (Phi) is 11.6. The fourth-order valence-corrected chi connectivity index (χ4v) is 2.92. The highest BCUT2D eigenvalue weighted by molar-refractivity contribution is 5.67. The smallest absolute Gasteiger partial charge is 0.244 e. The first kappa shape index (κ1) is 25.7. The highest BCUT2D eigenvalue weighted by Gasteiger charge is 2.41. The van der Waals surface area contributed by atoms with Crippen LogP contribution in [0, 0.1) is 11.3 Å². The van der Waals surface area contributed by atoms with Gasteiger partial charge in [0.25, 0.3) is 0 Å². The predicted octanol–water partition coefficient (Wildman–Crippen LogP) is 4.70. The normalized spacial score (nSPS) is 13.0. The number of carboxylic acid groups (broad SMARTS) is 1. The van der Waals surface area contributed by atoms with E-state index in [1.807, 2.05) is 6.92 Å². The second-order valence-corrected chi connectivity index (χ2v) is 8.78. The van der Waals surface area contributed by atoms with Crippen LogP contribution in [0.3, 0.4) is 0 Å². The zero-order chi connectivity index (χ0) is 21.1. The number of carbonyl (C=O) groups excluding carboxylic acids is 1. The van der Waals surface area contributed by atoms with Crippen molar-refractivity contribution in [1.29, 1.82) is 0 Å². The van der Waals surface area contributed by atoms with Gasteiger partial charge in [-0.05, 0) is 45.4 Å². The molecule has 0 fully saturated rings. The third-order valence-corrected chi connectivity index (χ3v) is 6.38. The summed E-state index contributed by atoms with van der Waals surface area (Å²) in [6, 6.07) is 0. The molecule has 27 heavy (non-hydrogen) atoms. The minimum absolute atomic E-state index is 0.152. The molecule has 0 saturated heterocycles. The minimum atomic E-state index is -0.893. The maximum absolute atomic E-state index is 10.3. The van der Waals surface area contributed by atoms with Gasteiger partial charge in [0.05, 0.1) is 6.54 Å². The second kappa shape index (κ2) is 12.2. The Morgan fingerprint density at radius 1 is 1.07 bits per heavy atom. The third kappa shape index (κ3) is 8.06. The molecule has 0 radical (unpaired) electrons. The first-order chi connectivity index (χ1) is 12.6. The molecule has 0 bridgehead atoms. The molecule has 0 N–H and O–H groups in total. The molecule has 158 valence electrons. The number of unbranched alkanes of at least 4 members (excludes halogenated alkanes) is 2. The van der Waals surface area contributed by atoms with E-state index < -0.39 is 5.97 Å². The molecule has 1 unspecified atom stereocenters. The Balaban J connectivity index is 0.000000580. The lowest BCUT2D eigenvalue weighted by molar-refractivity contribution is -0.697. The lowest BCUT2D eigenvalue weighted by Crippen LogP contribution is -2.42. The summed E-state index contributed by atoms with van der Waals surface area (Å²) < 4.78 is 4.67. The van der Waals surface area contributed by atoms with E-state index in [1.54, 1.807) is 0 Å². The summed E-state index contributed by atoms with van der Waals surface area (Å²) in [5, 5.41) is 10.3. The average molecular weight is 381 g/mol. The predicted molar refractivity (Wildman–Crippen MR) is 111 cm³/mol. The average Bonchev–Trinajstić information content (AvgIpc) is 3.10. The molecule has 4 heteroatoms. The van der Waals surface area contributed by atoms with E-state index in [4.69, 9.17) is 0 Å². The number of nitrogens with zero attached hydrogens (tertiary/aromatic N) is 2. The number of imidazole rings is 1. The van der Waals surface area contributed by atoms with Gasteiger partial charge in [0.15, 0.2) is 0 Å². The lowest BCUT2D eigenvalue weighted by Gasteiger charge is -2.38. The van der Waals surface area contributed by atoms with Gasteiger partial charge in [-0.1, -0.05) is 60.8 Å². The maximum atomic E-state index is 10.3.